The number of ether oxygens (including phenoxy) is 1. The van der Waals surface area contributed by atoms with Crippen LogP contribution in [0.25, 0.3) is 0 Å². The first-order valence-corrected chi connectivity index (χ1v) is 24.5. The summed E-state index contributed by atoms with van der Waals surface area (Å²) in [7, 11) is -2.35. The van der Waals surface area contributed by atoms with Crippen LogP contribution < -0.4 is 5.19 Å². The minimum Gasteiger partial charge on any atom is -0.478 e. The summed E-state index contributed by atoms with van der Waals surface area (Å²) in [4.78, 5) is 38.1. The molecule has 54 heavy (non-hydrogen) atoms. The third-order valence-electron chi connectivity index (χ3n) is 15.6. The standard InChI is InChI=1S/C48H68O5Si/c1-31(2)12-11-13-32(3)41-23-24-42-40-22-19-35-30-36(26-28-47(35,5)43(40)27-29-48(41,42)6)53-46(52)39-15-10-9-14-38(39)44(25-16-33(4)49)54(7,8)37-20-17-34(18-21-37)45(50)51/h9-10,14-15,17-21,31-32,36,40-44H,11-13,16,22-30H2,1-8H3,(H,50,51)/t32-,36?,40?,41-,42?,43?,44?,47+,48-/m1/s1. The normalized spacial score (nSPS) is 30.4. The summed E-state index contributed by atoms with van der Waals surface area (Å²) in [5, 5.41) is 10.6. The van der Waals surface area contributed by atoms with Crippen LogP contribution in [0.15, 0.2) is 60.2 Å². The Labute approximate surface area is 327 Å². The van der Waals surface area contributed by atoms with Crippen LogP contribution in [0.1, 0.15) is 157 Å². The van der Waals surface area contributed by atoms with Gasteiger partial charge in [0.1, 0.15) is 11.9 Å². The van der Waals surface area contributed by atoms with Crippen LogP contribution in [0.4, 0.5) is 0 Å². The third kappa shape index (κ3) is 7.97. The van der Waals surface area contributed by atoms with Crippen LogP contribution in [0.3, 0.4) is 0 Å². The summed E-state index contributed by atoms with van der Waals surface area (Å²) in [6.45, 7) is 18.6. The zero-order chi connectivity index (χ0) is 39.0. The second-order valence-corrected chi connectivity index (χ2v) is 24.3. The molecule has 6 rings (SSSR count). The Bertz CT molecular complexity index is 1710. The van der Waals surface area contributed by atoms with Crippen LogP contribution in [-0.2, 0) is 9.53 Å². The van der Waals surface area contributed by atoms with Crippen molar-refractivity contribution < 1.29 is 24.2 Å². The molecule has 4 aliphatic rings. The molecule has 4 aliphatic carbocycles. The lowest BCUT2D eigenvalue weighted by molar-refractivity contribution is -0.117. The van der Waals surface area contributed by atoms with Crippen molar-refractivity contribution >= 4 is 31.0 Å². The van der Waals surface area contributed by atoms with Gasteiger partial charge in [0.2, 0.25) is 0 Å². The Balaban J connectivity index is 1.17. The van der Waals surface area contributed by atoms with Gasteiger partial charge in [-0.25, -0.2) is 9.59 Å². The number of benzene rings is 2. The summed E-state index contributed by atoms with van der Waals surface area (Å²) in [6.07, 6.45) is 17.1. The van der Waals surface area contributed by atoms with Gasteiger partial charge in [0.05, 0.1) is 19.2 Å². The molecule has 0 heterocycles. The van der Waals surface area contributed by atoms with Gasteiger partial charge < -0.3 is 14.6 Å². The average Bonchev–Trinajstić information content (AvgIpc) is 3.49. The Morgan fingerprint density at radius 2 is 1.61 bits per heavy atom. The minimum atomic E-state index is -2.35. The first-order valence-electron chi connectivity index (χ1n) is 21.4. The fraction of sp³-hybridized carbons (Fsp3) is 0.646. The minimum absolute atomic E-state index is 0.0244. The molecular weight excluding hydrogens is 685 g/mol. The molecule has 2 aromatic carbocycles. The van der Waals surface area contributed by atoms with Crippen molar-refractivity contribution in [2.75, 3.05) is 0 Å². The van der Waals surface area contributed by atoms with Gasteiger partial charge >= 0.3 is 11.9 Å². The predicted molar refractivity (Wildman–Crippen MR) is 222 cm³/mol. The van der Waals surface area contributed by atoms with Gasteiger partial charge in [0.15, 0.2) is 0 Å². The van der Waals surface area contributed by atoms with Gasteiger partial charge in [0, 0.05) is 12.8 Å². The highest BCUT2D eigenvalue weighted by molar-refractivity contribution is 6.91. The van der Waals surface area contributed by atoms with Gasteiger partial charge in [-0.1, -0.05) is 114 Å². The Morgan fingerprint density at radius 1 is 0.889 bits per heavy atom. The van der Waals surface area contributed by atoms with Crippen LogP contribution >= 0.6 is 0 Å². The van der Waals surface area contributed by atoms with Crippen molar-refractivity contribution in [3.05, 3.63) is 76.9 Å². The molecule has 6 heteroatoms. The van der Waals surface area contributed by atoms with E-state index in [1.807, 2.05) is 36.4 Å². The maximum Gasteiger partial charge on any atom is 0.338 e. The Hall–Kier alpha value is -2.99. The number of fused-ring (bicyclic) bond motifs is 5. The summed E-state index contributed by atoms with van der Waals surface area (Å²) >= 11 is 0. The van der Waals surface area contributed by atoms with Crippen LogP contribution in [0, 0.1) is 46.3 Å². The van der Waals surface area contributed by atoms with Gasteiger partial charge in [-0.2, -0.15) is 0 Å². The molecule has 0 aromatic heterocycles. The second kappa shape index (κ2) is 16.2. The number of aromatic carboxylic acids is 1. The van der Waals surface area contributed by atoms with E-state index in [4.69, 9.17) is 4.74 Å². The van der Waals surface area contributed by atoms with Gasteiger partial charge in [-0.3, -0.25) is 0 Å². The third-order valence-corrected chi connectivity index (χ3v) is 19.8. The SMILES string of the molecule is CC(=O)CCC(c1ccccc1C(=O)OC1CC[C@@]2(C)C(=CCC3C2CC[C@@]2(C)C3CC[C@@H]2[C@H](C)CCCC(C)C)C1)[Si](C)(C)c1ccc(C(=O)O)cc1. The molecule has 3 fully saturated rings. The number of hydrogen-bond acceptors (Lipinski definition) is 4. The highest BCUT2D eigenvalue weighted by atomic mass is 28.3. The van der Waals surface area contributed by atoms with E-state index in [0.717, 1.165) is 65.5 Å². The topological polar surface area (TPSA) is 80.7 Å². The molecular formula is C48H68O5Si. The fourth-order valence-corrected chi connectivity index (χ4v) is 15.8. The number of hydrogen-bond donors (Lipinski definition) is 1. The molecule has 5 unspecified atom stereocenters. The van der Waals surface area contributed by atoms with Crippen molar-refractivity contribution in [1.82, 2.24) is 0 Å². The Kier molecular flexibility index (Phi) is 12.2. The lowest BCUT2D eigenvalue weighted by Crippen LogP contribution is -2.51. The highest BCUT2D eigenvalue weighted by Gasteiger charge is 2.59. The Morgan fingerprint density at radius 3 is 2.30 bits per heavy atom. The quantitative estimate of drug-likeness (QED) is 0.118. The molecule has 2 aromatic rings. The van der Waals surface area contributed by atoms with Gasteiger partial charge in [-0.15, -0.1) is 0 Å². The van der Waals surface area contributed by atoms with Crippen molar-refractivity contribution in [2.24, 2.45) is 46.3 Å². The largest absolute Gasteiger partial charge is 0.478 e. The number of esters is 1. The van der Waals surface area contributed by atoms with Crippen molar-refractivity contribution in [3.63, 3.8) is 0 Å². The monoisotopic (exact) mass is 752 g/mol. The second-order valence-electron chi connectivity index (χ2n) is 19.5. The van der Waals surface area contributed by atoms with Crippen molar-refractivity contribution in [2.45, 2.75) is 150 Å². The van der Waals surface area contributed by atoms with Crippen LogP contribution in [-0.4, -0.2) is 37.0 Å². The molecule has 294 valence electrons. The average molecular weight is 753 g/mol. The smallest absolute Gasteiger partial charge is 0.338 e. The van der Waals surface area contributed by atoms with Gasteiger partial charge in [0.25, 0.3) is 0 Å². The number of allylic oxidation sites excluding steroid dienone is 1. The van der Waals surface area contributed by atoms with E-state index in [1.165, 1.54) is 56.9 Å². The molecule has 1 N–H and O–H groups in total. The summed E-state index contributed by atoms with van der Waals surface area (Å²) in [5.74, 6) is 3.72. The van der Waals surface area contributed by atoms with E-state index in [0.29, 0.717) is 23.8 Å². The molecule has 9 atom stereocenters. The molecule has 0 bridgehead atoms. The molecule has 0 radical (unpaired) electrons. The highest BCUT2D eigenvalue weighted by Crippen LogP contribution is 2.67. The maximum absolute atomic E-state index is 14.2. The predicted octanol–water partition coefficient (Wildman–Crippen LogP) is 11.6. The van der Waals surface area contributed by atoms with Crippen LogP contribution in [0.2, 0.25) is 13.1 Å². The first kappa shape index (κ1) is 40.7. The van der Waals surface area contributed by atoms with Crippen molar-refractivity contribution in [3.8, 4) is 0 Å². The lowest BCUT2D eigenvalue weighted by Gasteiger charge is -2.58. The number of carbonyl (C=O) groups is 3. The summed E-state index contributed by atoms with van der Waals surface area (Å²) in [5.41, 5.74) is 3.96. The molecule has 3 saturated carbocycles. The fourth-order valence-electron chi connectivity index (χ4n) is 12.5. The van der Waals surface area contributed by atoms with Gasteiger partial charge in [-0.05, 0) is 134 Å². The molecule has 0 saturated heterocycles. The zero-order valence-electron chi connectivity index (χ0n) is 34.6. The first-order chi connectivity index (χ1) is 25.6. The van der Waals surface area contributed by atoms with Crippen molar-refractivity contribution in [1.29, 1.82) is 0 Å². The maximum atomic E-state index is 14.2. The lowest BCUT2D eigenvalue weighted by atomic mass is 9.47. The number of ketones is 1. The van der Waals surface area contributed by atoms with E-state index >= 15 is 0 Å². The summed E-state index contributed by atoms with van der Waals surface area (Å²) < 4.78 is 6.46. The zero-order valence-corrected chi connectivity index (χ0v) is 35.6. The van der Waals surface area contributed by atoms with E-state index in [2.05, 4.69) is 53.8 Å². The molecule has 0 spiro atoms. The number of Topliss-reactive ketones (excluding diaryl/α,β-unsaturated/α-hetero) is 1. The molecule has 5 nitrogen and oxygen atoms in total. The molecule has 0 aliphatic heterocycles. The molecule has 0 amide bonds. The number of carboxylic acids is 1. The van der Waals surface area contributed by atoms with E-state index < -0.39 is 14.0 Å². The number of carboxylic acid groups (broad SMARTS) is 1. The summed E-state index contributed by atoms with van der Waals surface area (Å²) in [6, 6.07) is 15.0. The van der Waals surface area contributed by atoms with E-state index in [1.54, 1.807) is 19.1 Å². The van der Waals surface area contributed by atoms with E-state index in [9.17, 15) is 19.5 Å². The van der Waals surface area contributed by atoms with E-state index in [-0.39, 0.29) is 34.4 Å². The number of rotatable bonds is 14. The van der Waals surface area contributed by atoms with Crippen LogP contribution in [0.5, 0.6) is 0 Å². The number of carbonyl (C=O) groups excluding carboxylic acids is 2.